The second kappa shape index (κ2) is 3.21. The Hall–Kier alpha value is -1.14. The van der Waals surface area contributed by atoms with Crippen molar-refractivity contribution in [2.75, 3.05) is 6.54 Å². The Morgan fingerprint density at radius 3 is 3.21 bits per heavy atom. The molecule has 1 atom stereocenters. The lowest BCUT2D eigenvalue weighted by molar-refractivity contribution is 0.224. The van der Waals surface area contributed by atoms with Crippen LogP contribution in [-0.4, -0.2) is 26.1 Å². The summed E-state index contributed by atoms with van der Waals surface area (Å²) in [7, 11) is -3.45. The highest BCUT2D eigenvalue weighted by Gasteiger charge is 2.25. The minimum atomic E-state index is -3.45. The number of ether oxygens (including phenoxy) is 1. The van der Waals surface area contributed by atoms with Gasteiger partial charge in [-0.15, -0.1) is 0 Å². The zero-order chi connectivity index (χ0) is 10.2. The summed E-state index contributed by atoms with van der Waals surface area (Å²) >= 11 is 0. The lowest BCUT2D eigenvalue weighted by atomic mass is 10.4. The van der Waals surface area contributed by atoms with Gasteiger partial charge in [-0.2, -0.15) is 0 Å². The summed E-state index contributed by atoms with van der Waals surface area (Å²) < 4.78 is 31.1. The van der Waals surface area contributed by atoms with Crippen molar-refractivity contribution in [3.63, 3.8) is 0 Å². The van der Waals surface area contributed by atoms with Gasteiger partial charge in [0.2, 0.25) is 10.0 Å². The van der Waals surface area contributed by atoms with Crippen LogP contribution in [0, 0.1) is 0 Å². The average molecular weight is 214 g/mol. The Morgan fingerprint density at radius 2 is 2.43 bits per heavy atom. The van der Waals surface area contributed by atoms with Crippen molar-refractivity contribution in [1.29, 1.82) is 0 Å². The van der Waals surface area contributed by atoms with E-state index in [4.69, 9.17) is 4.74 Å². The van der Waals surface area contributed by atoms with E-state index >= 15 is 0 Å². The van der Waals surface area contributed by atoms with Gasteiger partial charge in [0, 0.05) is 12.7 Å². The number of fused-ring (bicyclic) bond motifs is 1. The van der Waals surface area contributed by atoms with Gasteiger partial charge in [0.1, 0.15) is 16.7 Å². The fourth-order valence-electron chi connectivity index (χ4n) is 1.23. The summed E-state index contributed by atoms with van der Waals surface area (Å²) in [5.41, 5.74) is 0. The van der Waals surface area contributed by atoms with Gasteiger partial charge < -0.3 is 4.74 Å². The smallest absolute Gasteiger partial charge is 0.245 e. The van der Waals surface area contributed by atoms with Gasteiger partial charge in [0.05, 0.1) is 6.20 Å². The predicted octanol–water partition coefficient (Wildman–Crippen LogP) is 0.141. The van der Waals surface area contributed by atoms with Crippen molar-refractivity contribution in [2.45, 2.75) is 17.9 Å². The van der Waals surface area contributed by atoms with Crippen LogP contribution in [0.5, 0.6) is 5.75 Å². The number of sulfonamides is 1. The number of nitrogens with zero attached hydrogens (tertiary/aromatic N) is 1. The first-order valence-corrected chi connectivity index (χ1v) is 5.68. The van der Waals surface area contributed by atoms with Crippen molar-refractivity contribution >= 4 is 10.0 Å². The van der Waals surface area contributed by atoms with Gasteiger partial charge >= 0.3 is 0 Å². The lowest BCUT2D eigenvalue weighted by Gasteiger charge is -2.09. The molecule has 2 heterocycles. The highest BCUT2D eigenvalue weighted by atomic mass is 32.2. The van der Waals surface area contributed by atoms with Gasteiger partial charge in [-0.3, -0.25) is 4.98 Å². The standard InChI is InChI=1S/C8H10N2O3S/c1-6-4-10-14(11,12)8-5-9-3-2-7(8)13-6/h2-3,5-6,10H,4H2,1H3/t6-/m1/s1. The first kappa shape index (κ1) is 9.42. The van der Waals surface area contributed by atoms with Crippen LogP contribution in [0.25, 0.3) is 0 Å². The number of pyridine rings is 1. The molecule has 1 N–H and O–H groups in total. The summed E-state index contributed by atoms with van der Waals surface area (Å²) in [4.78, 5) is 3.86. The molecule has 2 rings (SSSR count). The Kier molecular flexibility index (Phi) is 2.16. The molecule has 1 aromatic rings. The fraction of sp³-hybridized carbons (Fsp3) is 0.375. The largest absolute Gasteiger partial charge is 0.488 e. The van der Waals surface area contributed by atoms with Crippen LogP contribution in [0.3, 0.4) is 0 Å². The third kappa shape index (κ3) is 1.58. The molecule has 14 heavy (non-hydrogen) atoms. The SMILES string of the molecule is C[C@@H]1CNS(=O)(=O)c2cnccc2O1. The van der Waals surface area contributed by atoms with E-state index in [0.29, 0.717) is 5.75 Å². The van der Waals surface area contributed by atoms with E-state index < -0.39 is 10.0 Å². The van der Waals surface area contributed by atoms with Crippen molar-refractivity contribution in [2.24, 2.45) is 0 Å². The van der Waals surface area contributed by atoms with E-state index in [2.05, 4.69) is 9.71 Å². The van der Waals surface area contributed by atoms with Crippen LogP contribution in [0.1, 0.15) is 6.92 Å². The van der Waals surface area contributed by atoms with E-state index in [1.54, 1.807) is 13.0 Å². The van der Waals surface area contributed by atoms with E-state index in [1.807, 2.05) is 0 Å². The summed E-state index contributed by atoms with van der Waals surface area (Å²) in [6.07, 6.45) is 2.62. The highest BCUT2D eigenvalue weighted by Crippen LogP contribution is 2.24. The molecule has 5 nitrogen and oxygen atoms in total. The molecule has 0 saturated heterocycles. The summed E-state index contributed by atoms with van der Waals surface area (Å²) in [5.74, 6) is 0.359. The molecule has 76 valence electrons. The monoisotopic (exact) mass is 214 g/mol. The van der Waals surface area contributed by atoms with Crippen molar-refractivity contribution in [1.82, 2.24) is 9.71 Å². The maximum absolute atomic E-state index is 11.6. The number of hydrogen-bond acceptors (Lipinski definition) is 4. The molecule has 0 spiro atoms. The average Bonchev–Trinajstić information content (AvgIpc) is 2.25. The van der Waals surface area contributed by atoms with Crippen molar-refractivity contribution in [3.8, 4) is 5.75 Å². The van der Waals surface area contributed by atoms with Crippen LogP contribution < -0.4 is 9.46 Å². The molecule has 0 unspecified atom stereocenters. The second-order valence-corrected chi connectivity index (χ2v) is 4.84. The Morgan fingerprint density at radius 1 is 1.64 bits per heavy atom. The molecule has 0 aromatic carbocycles. The van der Waals surface area contributed by atoms with E-state index in [9.17, 15) is 8.42 Å². The molecular weight excluding hydrogens is 204 g/mol. The molecule has 1 aromatic heterocycles. The van der Waals surface area contributed by atoms with E-state index in [0.717, 1.165) is 0 Å². The Labute approximate surface area is 82.2 Å². The molecule has 0 radical (unpaired) electrons. The molecule has 0 aliphatic carbocycles. The molecule has 1 aliphatic heterocycles. The van der Waals surface area contributed by atoms with E-state index in [-0.39, 0.29) is 17.5 Å². The summed E-state index contributed by atoms with van der Waals surface area (Å²) in [6.45, 7) is 2.08. The van der Waals surface area contributed by atoms with Crippen molar-refractivity contribution in [3.05, 3.63) is 18.5 Å². The zero-order valence-electron chi connectivity index (χ0n) is 7.60. The number of hydrogen-bond donors (Lipinski definition) is 1. The van der Waals surface area contributed by atoms with Crippen LogP contribution >= 0.6 is 0 Å². The first-order valence-electron chi connectivity index (χ1n) is 4.20. The van der Waals surface area contributed by atoms with Gasteiger partial charge in [-0.25, -0.2) is 13.1 Å². The third-order valence-electron chi connectivity index (χ3n) is 1.93. The molecule has 6 heteroatoms. The third-order valence-corrected chi connectivity index (χ3v) is 3.36. The van der Waals surface area contributed by atoms with E-state index in [1.165, 1.54) is 12.4 Å². The maximum Gasteiger partial charge on any atom is 0.245 e. The number of nitrogens with one attached hydrogen (secondary N) is 1. The van der Waals surface area contributed by atoms with Crippen LogP contribution in [-0.2, 0) is 10.0 Å². The summed E-state index contributed by atoms with van der Waals surface area (Å²) in [6, 6.07) is 1.55. The topological polar surface area (TPSA) is 68.3 Å². The summed E-state index contributed by atoms with van der Waals surface area (Å²) in [5, 5.41) is 0. The molecule has 0 saturated carbocycles. The normalized spacial score (nSPS) is 24.5. The van der Waals surface area contributed by atoms with Gasteiger partial charge in [0.15, 0.2) is 0 Å². The number of aromatic nitrogens is 1. The quantitative estimate of drug-likeness (QED) is 0.667. The van der Waals surface area contributed by atoms with Crippen molar-refractivity contribution < 1.29 is 13.2 Å². The number of rotatable bonds is 0. The molecule has 0 fully saturated rings. The fourth-order valence-corrected chi connectivity index (χ4v) is 2.42. The van der Waals surface area contributed by atoms with Crippen LogP contribution in [0.2, 0.25) is 0 Å². The van der Waals surface area contributed by atoms with Gasteiger partial charge in [-0.1, -0.05) is 0 Å². The molecule has 1 aliphatic rings. The van der Waals surface area contributed by atoms with Crippen LogP contribution in [0.4, 0.5) is 0 Å². The first-order chi connectivity index (χ1) is 6.59. The second-order valence-electron chi connectivity index (χ2n) is 3.10. The van der Waals surface area contributed by atoms with Gasteiger partial charge in [-0.05, 0) is 13.0 Å². The molecule has 0 amide bonds. The molecular formula is C8H10N2O3S. The Balaban J connectivity index is 2.58. The van der Waals surface area contributed by atoms with Crippen LogP contribution in [0.15, 0.2) is 23.4 Å². The minimum absolute atomic E-state index is 0.101. The molecule has 0 bridgehead atoms. The Bertz CT molecular complexity index is 444. The maximum atomic E-state index is 11.6. The van der Waals surface area contributed by atoms with Gasteiger partial charge in [0.25, 0.3) is 0 Å². The highest BCUT2D eigenvalue weighted by molar-refractivity contribution is 7.89. The lowest BCUT2D eigenvalue weighted by Crippen LogP contribution is -2.29. The predicted molar refractivity (Wildman–Crippen MR) is 49.5 cm³/mol. The minimum Gasteiger partial charge on any atom is -0.488 e. The zero-order valence-corrected chi connectivity index (χ0v) is 8.41.